The van der Waals surface area contributed by atoms with Crippen LogP contribution in [0, 0.1) is 5.92 Å². The lowest BCUT2D eigenvalue weighted by atomic mass is 9.87. The minimum atomic E-state index is -0.0645. The van der Waals surface area contributed by atoms with Crippen molar-refractivity contribution in [3.8, 4) is 0 Å². The van der Waals surface area contributed by atoms with E-state index in [-0.39, 0.29) is 30.3 Å². The van der Waals surface area contributed by atoms with E-state index >= 15 is 0 Å². The van der Waals surface area contributed by atoms with Crippen LogP contribution < -0.4 is 10.6 Å². The molecule has 1 fully saturated rings. The second-order valence-corrected chi connectivity index (χ2v) is 6.13. The van der Waals surface area contributed by atoms with Gasteiger partial charge in [-0.15, -0.1) is 12.4 Å². The molecule has 1 aliphatic heterocycles. The van der Waals surface area contributed by atoms with Crippen LogP contribution in [0.15, 0.2) is 30.3 Å². The second kappa shape index (κ2) is 8.40. The van der Waals surface area contributed by atoms with E-state index in [2.05, 4.69) is 31.4 Å². The van der Waals surface area contributed by atoms with Crippen molar-refractivity contribution in [2.75, 3.05) is 6.54 Å². The van der Waals surface area contributed by atoms with E-state index in [1.807, 2.05) is 30.3 Å². The largest absolute Gasteiger partial charge is 0.351 e. The zero-order chi connectivity index (χ0) is 14.5. The van der Waals surface area contributed by atoms with Crippen LogP contribution in [0.5, 0.6) is 0 Å². The molecule has 0 saturated carbocycles. The molecule has 3 atom stereocenters. The van der Waals surface area contributed by atoms with Crippen LogP contribution >= 0.6 is 12.4 Å². The third-order valence-electron chi connectivity index (χ3n) is 4.20. The van der Waals surface area contributed by atoms with Gasteiger partial charge >= 0.3 is 0 Å². The van der Waals surface area contributed by atoms with Crippen LogP contribution in [0.4, 0.5) is 0 Å². The minimum absolute atomic E-state index is 0. The number of hydrogen-bond acceptors (Lipinski definition) is 2. The van der Waals surface area contributed by atoms with Gasteiger partial charge in [0.15, 0.2) is 0 Å². The van der Waals surface area contributed by atoms with Crippen molar-refractivity contribution in [1.82, 2.24) is 10.6 Å². The molecule has 1 aromatic carbocycles. The number of carbonyl (C=O) groups excluding carboxylic acids is 1. The highest BCUT2D eigenvalue weighted by Gasteiger charge is 2.28. The van der Waals surface area contributed by atoms with E-state index in [0.717, 1.165) is 24.9 Å². The SMILES string of the molecule is CC(C)C(C(=O)NC1CCCNC1C)c1ccccc1.Cl. The summed E-state index contributed by atoms with van der Waals surface area (Å²) in [7, 11) is 0. The summed E-state index contributed by atoms with van der Waals surface area (Å²) < 4.78 is 0. The predicted molar refractivity (Wildman–Crippen MR) is 89.9 cm³/mol. The Kier molecular flexibility index (Phi) is 7.20. The molecule has 1 amide bonds. The fraction of sp³-hybridized carbons (Fsp3) is 0.588. The molecule has 21 heavy (non-hydrogen) atoms. The molecule has 1 aliphatic rings. The van der Waals surface area contributed by atoms with Crippen LogP contribution in [0.2, 0.25) is 0 Å². The minimum Gasteiger partial charge on any atom is -0.351 e. The molecule has 2 N–H and O–H groups in total. The number of halogens is 1. The maximum absolute atomic E-state index is 12.7. The first-order valence-electron chi connectivity index (χ1n) is 7.68. The van der Waals surface area contributed by atoms with Gasteiger partial charge in [0, 0.05) is 12.1 Å². The summed E-state index contributed by atoms with van der Waals surface area (Å²) in [5.74, 6) is 0.390. The lowest BCUT2D eigenvalue weighted by molar-refractivity contribution is -0.124. The molecule has 0 aliphatic carbocycles. The summed E-state index contributed by atoms with van der Waals surface area (Å²) in [5, 5.41) is 6.68. The van der Waals surface area contributed by atoms with E-state index in [0.29, 0.717) is 12.0 Å². The van der Waals surface area contributed by atoms with Crippen molar-refractivity contribution in [2.45, 2.75) is 51.6 Å². The van der Waals surface area contributed by atoms with E-state index in [1.54, 1.807) is 0 Å². The van der Waals surface area contributed by atoms with Gasteiger partial charge in [-0.1, -0.05) is 44.2 Å². The molecule has 2 rings (SSSR count). The Labute approximate surface area is 134 Å². The third-order valence-corrected chi connectivity index (χ3v) is 4.20. The smallest absolute Gasteiger partial charge is 0.228 e. The van der Waals surface area contributed by atoms with Crippen molar-refractivity contribution < 1.29 is 4.79 Å². The Bertz CT molecular complexity index is 436. The van der Waals surface area contributed by atoms with Gasteiger partial charge in [-0.05, 0) is 37.8 Å². The summed E-state index contributed by atoms with van der Waals surface area (Å²) in [6, 6.07) is 10.7. The van der Waals surface area contributed by atoms with Crippen molar-refractivity contribution in [3.05, 3.63) is 35.9 Å². The monoisotopic (exact) mass is 310 g/mol. The average molecular weight is 311 g/mol. The fourth-order valence-electron chi connectivity index (χ4n) is 3.01. The van der Waals surface area contributed by atoms with Crippen LogP contribution in [-0.4, -0.2) is 24.5 Å². The lowest BCUT2D eigenvalue weighted by Crippen LogP contribution is -2.53. The summed E-state index contributed by atoms with van der Waals surface area (Å²) in [4.78, 5) is 12.7. The Morgan fingerprint density at radius 3 is 2.52 bits per heavy atom. The molecule has 1 aromatic rings. The molecule has 4 heteroatoms. The Morgan fingerprint density at radius 2 is 1.95 bits per heavy atom. The number of rotatable bonds is 4. The highest BCUT2D eigenvalue weighted by atomic mass is 35.5. The van der Waals surface area contributed by atoms with E-state index in [4.69, 9.17) is 0 Å². The summed E-state index contributed by atoms with van der Waals surface area (Å²) in [6.07, 6.45) is 2.20. The Morgan fingerprint density at radius 1 is 1.29 bits per heavy atom. The maximum atomic E-state index is 12.7. The molecule has 0 spiro atoms. The van der Waals surface area contributed by atoms with Gasteiger partial charge < -0.3 is 10.6 Å². The number of hydrogen-bond donors (Lipinski definition) is 2. The lowest BCUT2D eigenvalue weighted by Gasteiger charge is -2.32. The topological polar surface area (TPSA) is 41.1 Å². The van der Waals surface area contributed by atoms with Gasteiger partial charge in [0.05, 0.1) is 5.92 Å². The first-order chi connectivity index (χ1) is 9.59. The molecule has 1 saturated heterocycles. The maximum Gasteiger partial charge on any atom is 0.228 e. The fourth-order valence-corrected chi connectivity index (χ4v) is 3.01. The number of carbonyl (C=O) groups is 1. The van der Waals surface area contributed by atoms with E-state index in [9.17, 15) is 4.79 Å². The molecule has 0 radical (unpaired) electrons. The summed E-state index contributed by atoms with van der Waals surface area (Å²) in [6.45, 7) is 7.43. The van der Waals surface area contributed by atoms with Crippen LogP contribution in [-0.2, 0) is 4.79 Å². The molecule has 1 heterocycles. The molecular formula is C17H27ClN2O. The first-order valence-corrected chi connectivity index (χ1v) is 7.68. The standard InChI is InChI=1S/C17H26N2O.ClH/c1-12(2)16(14-8-5-4-6-9-14)17(20)19-15-10-7-11-18-13(15)3;/h4-6,8-9,12-13,15-16,18H,7,10-11H2,1-3H3,(H,19,20);1H. The second-order valence-electron chi connectivity index (χ2n) is 6.13. The third kappa shape index (κ3) is 4.72. The van der Waals surface area contributed by atoms with Crippen LogP contribution in [0.25, 0.3) is 0 Å². The summed E-state index contributed by atoms with van der Waals surface area (Å²) in [5.41, 5.74) is 1.11. The Balaban J connectivity index is 0.00000220. The number of benzene rings is 1. The van der Waals surface area contributed by atoms with Gasteiger partial charge in [0.2, 0.25) is 5.91 Å². The highest BCUT2D eigenvalue weighted by Crippen LogP contribution is 2.25. The van der Waals surface area contributed by atoms with Crippen molar-refractivity contribution in [3.63, 3.8) is 0 Å². The van der Waals surface area contributed by atoms with Gasteiger partial charge in [-0.25, -0.2) is 0 Å². The van der Waals surface area contributed by atoms with Gasteiger partial charge in [0.25, 0.3) is 0 Å². The van der Waals surface area contributed by atoms with Gasteiger partial charge in [-0.2, -0.15) is 0 Å². The molecule has 3 nitrogen and oxygen atoms in total. The molecular weight excluding hydrogens is 284 g/mol. The van der Waals surface area contributed by atoms with Crippen LogP contribution in [0.1, 0.15) is 45.1 Å². The molecule has 3 unspecified atom stereocenters. The highest BCUT2D eigenvalue weighted by molar-refractivity contribution is 5.85. The first kappa shape index (κ1) is 18.0. The zero-order valence-electron chi connectivity index (χ0n) is 13.1. The molecule has 118 valence electrons. The van der Waals surface area contributed by atoms with Crippen molar-refractivity contribution in [1.29, 1.82) is 0 Å². The number of nitrogens with one attached hydrogen (secondary N) is 2. The Hall–Kier alpha value is -1.06. The number of piperidine rings is 1. The quantitative estimate of drug-likeness (QED) is 0.897. The predicted octanol–water partition coefficient (Wildman–Crippen LogP) is 3.10. The molecule has 0 bridgehead atoms. The van der Waals surface area contributed by atoms with E-state index in [1.165, 1.54) is 0 Å². The normalized spacial score (nSPS) is 23.2. The van der Waals surface area contributed by atoms with Gasteiger partial charge in [-0.3, -0.25) is 4.79 Å². The summed E-state index contributed by atoms with van der Waals surface area (Å²) >= 11 is 0. The zero-order valence-corrected chi connectivity index (χ0v) is 14.0. The van der Waals surface area contributed by atoms with Crippen molar-refractivity contribution >= 4 is 18.3 Å². The van der Waals surface area contributed by atoms with E-state index < -0.39 is 0 Å². The molecule has 0 aromatic heterocycles. The van der Waals surface area contributed by atoms with Crippen LogP contribution in [0.3, 0.4) is 0 Å². The van der Waals surface area contributed by atoms with Crippen molar-refractivity contribution in [2.24, 2.45) is 5.92 Å². The van der Waals surface area contributed by atoms with Gasteiger partial charge in [0.1, 0.15) is 0 Å². The number of amides is 1. The average Bonchev–Trinajstić information content (AvgIpc) is 2.42.